The molecule has 0 saturated carbocycles. The highest BCUT2D eigenvalue weighted by Crippen LogP contribution is 2.38. The van der Waals surface area contributed by atoms with E-state index in [1.165, 1.54) is 0 Å². The fourth-order valence-corrected chi connectivity index (χ4v) is 1.87. The first-order chi connectivity index (χ1) is 6.95. The molecule has 1 unspecified atom stereocenters. The lowest BCUT2D eigenvalue weighted by Gasteiger charge is -2.32. The van der Waals surface area contributed by atoms with Gasteiger partial charge < -0.3 is 15.0 Å². The van der Waals surface area contributed by atoms with Gasteiger partial charge in [0.2, 0.25) is 0 Å². The summed E-state index contributed by atoms with van der Waals surface area (Å²) in [4.78, 5) is 0. The Morgan fingerprint density at radius 1 is 1.06 bits per heavy atom. The van der Waals surface area contributed by atoms with Gasteiger partial charge in [0.25, 0.3) is 0 Å². The summed E-state index contributed by atoms with van der Waals surface area (Å²) in [6.45, 7) is 14.7. The topological polar surface area (TPSA) is 44.5 Å². The normalized spacial score (nSPS) is 25.9. The molecule has 0 radical (unpaired) electrons. The van der Waals surface area contributed by atoms with Crippen molar-refractivity contribution in [2.45, 2.75) is 72.0 Å². The zero-order valence-electron chi connectivity index (χ0n) is 11.8. The first kappa shape index (κ1) is 14.0. The summed E-state index contributed by atoms with van der Waals surface area (Å²) in [5, 5.41) is 0. The van der Waals surface area contributed by atoms with Crippen molar-refractivity contribution in [3.63, 3.8) is 0 Å². The quantitative estimate of drug-likeness (QED) is 0.736. The zero-order chi connectivity index (χ0) is 12.8. The minimum Gasteiger partial charge on any atom is -0.402 e. The first-order valence-corrected chi connectivity index (χ1v) is 6.06. The molecule has 1 rings (SSSR count). The average molecular weight is 227 g/mol. The molecule has 0 aromatic carbocycles. The van der Waals surface area contributed by atoms with Crippen LogP contribution in [-0.4, -0.2) is 24.3 Å². The average Bonchev–Trinajstić information content (AvgIpc) is 2.17. The van der Waals surface area contributed by atoms with Gasteiger partial charge in [0.1, 0.15) is 0 Å². The van der Waals surface area contributed by atoms with Gasteiger partial charge in [-0.2, -0.15) is 0 Å². The molecule has 4 heteroatoms. The monoisotopic (exact) mass is 227 g/mol. The van der Waals surface area contributed by atoms with Gasteiger partial charge in [-0.25, -0.2) is 0 Å². The van der Waals surface area contributed by atoms with Gasteiger partial charge in [0.15, 0.2) is 0 Å². The van der Waals surface area contributed by atoms with E-state index in [1.807, 2.05) is 0 Å². The van der Waals surface area contributed by atoms with Gasteiger partial charge in [0.05, 0.1) is 11.2 Å². The van der Waals surface area contributed by atoms with Crippen LogP contribution in [-0.2, 0) is 9.31 Å². The van der Waals surface area contributed by atoms with Gasteiger partial charge in [-0.05, 0) is 39.5 Å². The molecule has 1 aliphatic rings. The van der Waals surface area contributed by atoms with Crippen LogP contribution in [0.2, 0.25) is 0 Å². The van der Waals surface area contributed by atoms with E-state index in [0.717, 1.165) is 6.42 Å². The maximum atomic E-state index is 6.16. The summed E-state index contributed by atoms with van der Waals surface area (Å²) in [5.41, 5.74) is 5.79. The van der Waals surface area contributed by atoms with Crippen molar-refractivity contribution >= 4 is 7.12 Å². The summed E-state index contributed by atoms with van der Waals surface area (Å²) in [7, 11) is -0.288. The van der Waals surface area contributed by atoms with Crippen LogP contribution in [0.4, 0.5) is 0 Å². The molecule has 2 N–H and O–H groups in total. The Kier molecular flexibility index (Phi) is 3.50. The second-order valence-electron chi connectivity index (χ2n) is 7.05. The second-order valence-corrected chi connectivity index (χ2v) is 7.05. The molecule has 0 aromatic rings. The molecule has 1 fully saturated rings. The highest BCUT2D eigenvalue weighted by atomic mass is 16.7. The number of nitrogens with two attached hydrogens (primary N) is 1. The van der Waals surface area contributed by atoms with Crippen molar-refractivity contribution < 1.29 is 9.31 Å². The van der Waals surface area contributed by atoms with Crippen molar-refractivity contribution in [2.24, 2.45) is 11.1 Å². The smallest absolute Gasteiger partial charge is 0.402 e. The number of rotatable bonds is 2. The van der Waals surface area contributed by atoms with E-state index in [9.17, 15) is 0 Å². The Morgan fingerprint density at radius 3 is 1.75 bits per heavy atom. The molecular formula is C12H26BNO2. The van der Waals surface area contributed by atoms with Gasteiger partial charge in [-0.1, -0.05) is 20.8 Å². The zero-order valence-corrected chi connectivity index (χ0v) is 11.8. The molecule has 0 amide bonds. The van der Waals surface area contributed by atoms with Crippen LogP contribution in [0.1, 0.15) is 54.9 Å². The predicted molar refractivity (Wildman–Crippen MR) is 68.1 cm³/mol. The minimum atomic E-state index is -0.288. The van der Waals surface area contributed by atoms with Gasteiger partial charge in [0, 0.05) is 5.94 Å². The van der Waals surface area contributed by atoms with Crippen molar-refractivity contribution in [1.82, 2.24) is 0 Å². The van der Waals surface area contributed by atoms with Crippen LogP contribution < -0.4 is 5.73 Å². The molecular weight excluding hydrogens is 201 g/mol. The summed E-state index contributed by atoms with van der Waals surface area (Å²) < 4.78 is 11.8. The summed E-state index contributed by atoms with van der Waals surface area (Å²) in [5.74, 6) is -0.0685. The van der Waals surface area contributed by atoms with Crippen LogP contribution in [0.3, 0.4) is 0 Å². The summed E-state index contributed by atoms with van der Waals surface area (Å²) in [6, 6.07) is 0. The summed E-state index contributed by atoms with van der Waals surface area (Å²) >= 11 is 0. The largest absolute Gasteiger partial charge is 0.475 e. The predicted octanol–water partition coefficient (Wildman–Crippen LogP) is 2.38. The van der Waals surface area contributed by atoms with Gasteiger partial charge in [-0.15, -0.1) is 0 Å². The minimum absolute atomic E-state index is 0.0685. The Bertz CT molecular complexity index is 242. The molecule has 1 saturated heterocycles. The number of hydrogen-bond donors (Lipinski definition) is 1. The van der Waals surface area contributed by atoms with Crippen molar-refractivity contribution in [3.05, 3.63) is 0 Å². The maximum absolute atomic E-state index is 6.16. The van der Waals surface area contributed by atoms with Crippen LogP contribution in [0.15, 0.2) is 0 Å². The van der Waals surface area contributed by atoms with Crippen LogP contribution >= 0.6 is 0 Å². The molecule has 0 bridgehead atoms. The van der Waals surface area contributed by atoms with Crippen molar-refractivity contribution in [2.75, 3.05) is 0 Å². The third kappa shape index (κ3) is 2.99. The molecule has 1 atom stereocenters. The molecule has 1 heterocycles. The number of hydrogen-bond acceptors (Lipinski definition) is 3. The lowest BCUT2D eigenvalue weighted by Crippen LogP contribution is -2.43. The van der Waals surface area contributed by atoms with Crippen molar-refractivity contribution in [1.29, 1.82) is 0 Å². The van der Waals surface area contributed by atoms with Crippen molar-refractivity contribution in [3.8, 4) is 0 Å². The Labute approximate surface area is 100 Å². The first-order valence-electron chi connectivity index (χ1n) is 6.06. The van der Waals surface area contributed by atoms with E-state index in [0.29, 0.717) is 0 Å². The Hall–Kier alpha value is -0.0551. The summed E-state index contributed by atoms with van der Waals surface area (Å²) in [6.07, 6.45) is 0.893. The SMILES string of the molecule is CC(C)(C)CC(N)B1OC(C)(C)C(C)(C)O1. The molecule has 0 aromatic heterocycles. The fourth-order valence-electron chi connectivity index (χ4n) is 1.87. The van der Waals surface area contributed by atoms with E-state index >= 15 is 0 Å². The standard InChI is InChI=1S/C12H26BNO2/c1-10(2,3)8-9(14)13-15-11(4,5)12(6,7)16-13/h9H,8,14H2,1-7H3. The van der Waals surface area contributed by atoms with E-state index in [4.69, 9.17) is 15.0 Å². The Balaban J connectivity index is 2.66. The molecule has 0 aliphatic carbocycles. The fraction of sp³-hybridized carbons (Fsp3) is 1.00. The Morgan fingerprint density at radius 2 is 1.44 bits per heavy atom. The van der Waals surface area contributed by atoms with E-state index in [2.05, 4.69) is 48.5 Å². The molecule has 1 aliphatic heterocycles. The second kappa shape index (κ2) is 4.00. The highest BCUT2D eigenvalue weighted by molar-refractivity contribution is 6.47. The van der Waals surface area contributed by atoms with Gasteiger partial charge >= 0.3 is 7.12 Å². The third-order valence-electron chi connectivity index (χ3n) is 3.47. The lowest BCUT2D eigenvalue weighted by atomic mass is 9.71. The van der Waals surface area contributed by atoms with Crippen LogP contribution in [0.25, 0.3) is 0 Å². The highest BCUT2D eigenvalue weighted by Gasteiger charge is 2.53. The van der Waals surface area contributed by atoms with E-state index in [1.54, 1.807) is 0 Å². The lowest BCUT2D eigenvalue weighted by molar-refractivity contribution is 0.00578. The van der Waals surface area contributed by atoms with E-state index < -0.39 is 0 Å². The third-order valence-corrected chi connectivity index (χ3v) is 3.47. The van der Waals surface area contributed by atoms with Crippen LogP contribution in [0.5, 0.6) is 0 Å². The van der Waals surface area contributed by atoms with Gasteiger partial charge in [-0.3, -0.25) is 0 Å². The maximum Gasteiger partial charge on any atom is 0.475 e. The molecule has 16 heavy (non-hydrogen) atoms. The molecule has 3 nitrogen and oxygen atoms in total. The van der Waals surface area contributed by atoms with E-state index in [-0.39, 0.29) is 29.7 Å². The molecule has 0 spiro atoms. The molecule has 94 valence electrons. The van der Waals surface area contributed by atoms with Crippen LogP contribution in [0, 0.1) is 5.41 Å².